The molecule has 0 saturated heterocycles. The second kappa shape index (κ2) is 4.47. The molecule has 98 valence electrons. The Bertz CT molecular complexity index is 514. The van der Waals surface area contributed by atoms with Crippen LogP contribution in [0.15, 0.2) is 6.07 Å². The van der Waals surface area contributed by atoms with Crippen molar-refractivity contribution in [3.63, 3.8) is 0 Å². The highest BCUT2D eigenvalue weighted by Crippen LogP contribution is 2.31. The Hall–Kier alpha value is -2.39. The van der Waals surface area contributed by atoms with Gasteiger partial charge in [-0.1, -0.05) is 0 Å². The number of aromatic nitrogens is 1. The van der Waals surface area contributed by atoms with Crippen LogP contribution in [0.25, 0.3) is 0 Å². The van der Waals surface area contributed by atoms with E-state index in [0.717, 1.165) is 6.92 Å². The molecule has 0 spiro atoms. The van der Waals surface area contributed by atoms with Gasteiger partial charge in [-0.25, -0.2) is 9.78 Å². The Morgan fingerprint density at radius 2 is 2.11 bits per heavy atom. The van der Waals surface area contributed by atoms with Gasteiger partial charge in [0.25, 0.3) is 0 Å². The SMILES string of the molecule is Cc1nc(OC(F)(F)F)c([N+](=O)[O-])cc1C(=O)O. The minimum Gasteiger partial charge on any atom is -0.478 e. The molecular weight excluding hydrogens is 261 g/mol. The molecule has 1 N–H and O–H groups in total. The van der Waals surface area contributed by atoms with Crippen LogP contribution in [0, 0.1) is 17.0 Å². The smallest absolute Gasteiger partial charge is 0.478 e. The zero-order valence-electron chi connectivity index (χ0n) is 8.69. The lowest BCUT2D eigenvalue weighted by Crippen LogP contribution is -2.19. The molecule has 0 unspecified atom stereocenters. The first-order chi connectivity index (χ1) is 8.11. The number of carboxylic acid groups (broad SMARTS) is 1. The van der Waals surface area contributed by atoms with Crippen molar-refractivity contribution < 1.29 is 32.7 Å². The van der Waals surface area contributed by atoms with Crippen LogP contribution in [0.2, 0.25) is 0 Å². The summed E-state index contributed by atoms with van der Waals surface area (Å²) in [6.45, 7) is 1.09. The first-order valence-corrected chi connectivity index (χ1v) is 4.27. The van der Waals surface area contributed by atoms with Crippen molar-refractivity contribution in [3.05, 3.63) is 27.4 Å². The summed E-state index contributed by atoms with van der Waals surface area (Å²) in [6.07, 6.45) is -5.16. The molecule has 0 bridgehead atoms. The number of rotatable bonds is 3. The third-order valence-corrected chi connectivity index (χ3v) is 1.80. The van der Waals surface area contributed by atoms with Gasteiger partial charge in [-0.05, 0) is 6.92 Å². The van der Waals surface area contributed by atoms with E-state index in [1.54, 1.807) is 0 Å². The Labute approximate surface area is 97.0 Å². The first kappa shape index (κ1) is 13.7. The molecule has 0 saturated carbocycles. The summed E-state index contributed by atoms with van der Waals surface area (Å²) in [6, 6.07) is 0.464. The molecule has 7 nitrogen and oxygen atoms in total. The highest BCUT2D eigenvalue weighted by atomic mass is 19.4. The summed E-state index contributed by atoms with van der Waals surface area (Å²) in [4.78, 5) is 23.1. The lowest BCUT2D eigenvalue weighted by molar-refractivity contribution is -0.389. The van der Waals surface area contributed by atoms with Gasteiger partial charge >= 0.3 is 23.9 Å². The van der Waals surface area contributed by atoms with E-state index in [1.165, 1.54) is 0 Å². The number of nitro groups is 1. The molecular formula is C8H5F3N2O5. The fourth-order valence-electron chi connectivity index (χ4n) is 1.10. The summed E-state index contributed by atoms with van der Waals surface area (Å²) >= 11 is 0. The van der Waals surface area contributed by atoms with Crippen LogP contribution < -0.4 is 4.74 Å². The minimum atomic E-state index is -5.16. The molecule has 0 fully saturated rings. The number of nitrogens with zero attached hydrogens (tertiary/aromatic N) is 2. The van der Waals surface area contributed by atoms with E-state index in [1.807, 2.05) is 0 Å². The van der Waals surface area contributed by atoms with Gasteiger partial charge in [0.1, 0.15) is 0 Å². The summed E-state index contributed by atoms with van der Waals surface area (Å²) in [5.41, 5.74) is -2.07. The number of hydrogen-bond donors (Lipinski definition) is 1. The number of halogens is 3. The number of carboxylic acids is 1. The van der Waals surface area contributed by atoms with Gasteiger partial charge in [-0.3, -0.25) is 10.1 Å². The van der Waals surface area contributed by atoms with Crippen LogP contribution in [0.1, 0.15) is 16.1 Å². The Morgan fingerprint density at radius 1 is 1.56 bits per heavy atom. The van der Waals surface area contributed by atoms with Crippen LogP contribution in [0.4, 0.5) is 18.9 Å². The summed E-state index contributed by atoms with van der Waals surface area (Å²) in [7, 11) is 0. The molecule has 0 amide bonds. The molecule has 0 radical (unpaired) electrons. The fourth-order valence-corrected chi connectivity index (χ4v) is 1.10. The van der Waals surface area contributed by atoms with Gasteiger partial charge in [0.15, 0.2) is 0 Å². The van der Waals surface area contributed by atoms with E-state index in [0.29, 0.717) is 6.07 Å². The number of ether oxygens (including phenoxy) is 1. The first-order valence-electron chi connectivity index (χ1n) is 4.27. The van der Waals surface area contributed by atoms with E-state index in [9.17, 15) is 28.1 Å². The van der Waals surface area contributed by atoms with Crippen molar-refractivity contribution in [3.8, 4) is 5.88 Å². The van der Waals surface area contributed by atoms with Crippen molar-refractivity contribution >= 4 is 11.7 Å². The van der Waals surface area contributed by atoms with Crippen LogP contribution in [-0.2, 0) is 0 Å². The molecule has 10 heteroatoms. The van der Waals surface area contributed by atoms with Crippen molar-refractivity contribution in [2.24, 2.45) is 0 Å². The average molecular weight is 266 g/mol. The number of aryl methyl sites for hydroxylation is 1. The maximum Gasteiger partial charge on any atom is 0.574 e. The van der Waals surface area contributed by atoms with Crippen molar-refractivity contribution in [1.29, 1.82) is 0 Å². The van der Waals surface area contributed by atoms with Crippen molar-refractivity contribution in [2.75, 3.05) is 0 Å². The Kier molecular flexibility index (Phi) is 3.39. The van der Waals surface area contributed by atoms with Gasteiger partial charge in [0.05, 0.1) is 16.2 Å². The van der Waals surface area contributed by atoms with Crippen molar-refractivity contribution in [2.45, 2.75) is 13.3 Å². The Morgan fingerprint density at radius 3 is 2.50 bits per heavy atom. The molecule has 0 aromatic carbocycles. The molecule has 0 atom stereocenters. The number of hydrogen-bond acceptors (Lipinski definition) is 5. The second-order valence-electron chi connectivity index (χ2n) is 3.06. The topological polar surface area (TPSA) is 103 Å². The van der Waals surface area contributed by atoms with E-state index in [-0.39, 0.29) is 5.69 Å². The van der Waals surface area contributed by atoms with Crippen molar-refractivity contribution in [1.82, 2.24) is 4.98 Å². The quantitative estimate of drug-likeness (QED) is 0.662. The van der Waals surface area contributed by atoms with E-state index in [2.05, 4.69) is 9.72 Å². The minimum absolute atomic E-state index is 0.327. The van der Waals surface area contributed by atoms with Crippen LogP contribution in [0.3, 0.4) is 0 Å². The van der Waals surface area contributed by atoms with E-state index >= 15 is 0 Å². The highest BCUT2D eigenvalue weighted by Gasteiger charge is 2.36. The lowest BCUT2D eigenvalue weighted by Gasteiger charge is -2.09. The number of aromatic carboxylic acids is 1. The monoisotopic (exact) mass is 266 g/mol. The number of pyridine rings is 1. The normalized spacial score (nSPS) is 11.1. The van der Waals surface area contributed by atoms with Gasteiger partial charge in [-0.2, -0.15) is 0 Å². The predicted octanol–water partition coefficient (Wildman–Crippen LogP) is 1.90. The van der Waals surface area contributed by atoms with Gasteiger partial charge in [0.2, 0.25) is 0 Å². The second-order valence-corrected chi connectivity index (χ2v) is 3.06. The van der Waals surface area contributed by atoms with E-state index in [4.69, 9.17) is 5.11 Å². The molecule has 1 rings (SSSR count). The summed E-state index contributed by atoms with van der Waals surface area (Å²) in [5, 5.41) is 19.2. The summed E-state index contributed by atoms with van der Waals surface area (Å²) in [5.74, 6) is -2.84. The summed E-state index contributed by atoms with van der Waals surface area (Å²) < 4.78 is 39.3. The van der Waals surface area contributed by atoms with Gasteiger partial charge < -0.3 is 9.84 Å². The van der Waals surface area contributed by atoms with E-state index < -0.39 is 34.4 Å². The standard InChI is InChI=1S/C8H5F3N2O5/c1-3-4(7(14)15)2-5(13(16)17)6(12-3)18-8(9,10)11/h2H,1H3,(H,14,15). The maximum atomic E-state index is 12.0. The predicted molar refractivity (Wildman–Crippen MR) is 49.3 cm³/mol. The molecule has 1 aromatic rings. The average Bonchev–Trinajstić information content (AvgIpc) is 2.13. The molecule has 0 aliphatic heterocycles. The van der Waals surface area contributed by atoms with Crippen LogP contribution >= 0.6 is 0 Å². The number of alkyl halides is 3. The van der Waals surface area contributed by atoms with Gasteiger partial charge in [-0.15, -0.1) is 13.2 Å². The third kappa shape index (κ3) is 3.06. The van der Waals surface area contributed by atoms with Gasteiger partial charge in [0, 0.05) is 6.07 Å². The fraction of sp³-hybridized carbons (Fsp3) is 0.250. The molecule has 1 heterocycles. The van der Waals surface area contributed by atoms with Crippen LogP contribution in [-0.4, -0.2) is 27.3 Å². The molecule has 18 heavy (non-hydrogen) atoms. The zero-order valence-corrected chi connectivity index (χ0v) is 8.69. The lowest BCUT2D eigenvalue weighted by atomic mass is 10.2. The molecule has 1 aromatic heterocycles. The molecule has 0 aliphatic rings. The number of carbonyl (C=O) groups is 1. The zero-order chi connectivity index (χ0) is 14.1. The largest absolute Gasteiger partial charge is 0.574 e. The highest BCUT2D eigenvalue weighted by molar-refractivity contribution is 5.89. The maximum absolute atomic E-state index is 12.0. The third-order valence-electron chi connectivity index (χ3n) is 1.80. The Balaban J connectivity index is 3.38. The van der Waals surface area contributed by atoms with Crippen LogP contribution in [0.5, 0.6) is 5.88 Å². The molecule has 0 aliphatic carbocycles.